The monoisotopic (exact) mass is 292 g/mol. The molecule has 5 heteroatoms. The average Bonchev–Trinajstić information content (AvgIpc) is 2.27. The van der Waals surface area contributed by atoms with E-state index in [9.17, 15) is 9.59 Å². The van der Waals surface area contributed by atoms with Gasteiger partial charge in [0.15, 0.2) is 0 Å². The molecular weight excluding hydrogens is 268 g/mol. The van der Waals surface area contributed by atoms with Crippen LogP contribution in [0.15, 0.2) is 16.9 Å². The van der Waals surface area contributed by atoms with E-state index in [0.29, 0.717) is 25.3 Å². The summed E-state index contributed by atoms with van der Waals surface area (Å²) in [5.74, 6) is 0.756. The van der Waals surface area contributed by atoms with E-state index >= 15 is 0 Å². The first-order chi connectivity index (χ1) is 9.65. The zero-order valence-electron chi connectivity index (χ0n) is 13.5. The van der Waals surface area contributed by atoms with Crippen LogP contribution in [-0.4, -0.2) is 34.6 Å². The van der Waals surface area contributed by atoms with Crippen molar-refractivity contribution in [3.63, 3.8) is 0 Å². The maximum Gasteiger partial charge on any atom is 0.254 e. The Morgan fingerprint density at radius 1 is 1.33 bits per heavy atom. The Kier molecular flexibility index (Phi) is 4.12. The first kappa shape index (κ1) is 15.6. The molecule has 1 aromatic heterocycles. The van der Waals surface area contributed by atoms with Crippen molar-refractivity contribution in [2.75, 3.05) is 13.1 Å². The van der Waals surface area contributed by atoms with E-state index in [1.165, 1.54) is 6.07 Å². The van der Waals surface area contributed by atoms with Crippen molar-refractivity contribution in [1.82, 2.24) is 9.47 Å². The molecule has 0 unspecified atom stereocenters. The molecule has 1 aromatic rings. The fourth-order valence-electron chi connectivity index (χ4n) is 2.28. The maximum atomic E-state index is 12.0. The summed E-state index contributed by atoms with van der Waals surface area (Å²) < 4.78 is 7.35. The van der Waals surface area contributed by atoms with Crippen molar-refractivity contribution in [1.29, 1.82) is 0 Å². The lowest BCUT2D eigenvalue weighted by molar-refractivity contribution is -0.141. The predicted octanol–water partition coefficient (Wildman–Crippen LogP) is 1.72. The van der Waals surface area contributed by atoms with Gasteiger partial charge in [-0.05, 0) is 18.4 Å². The molecule has 1 aliphatic rings. The van der Waals surface area contributed by atoms with Crippen molar-refractivity contribution >= 4 is 5.91 Å². The lowest BCUT2D eigenvalue weighted by Gasteiger charge is -2.40. The van der Waals surface area contributed by atoms with Crippen molar-refractivity contribution in [3.05, 3.63) is 28.2 Å². The van der Waals surface area contributed by atoms with E-state index in [1.807, 2.05) is 17.9 Å². The Bertz CT molecular complexity index is 593. The van der Waals surface area contributed by atoms with Crippen LogP contribution in [0.1, 0.15) is 32.9 Å². The Labute approximate surface area is 125 Å². The Balaban J connectivity index is 1.89. The molecule has 1 fully saturated rings. The van der Waals surface area contributed by atoms with Crippen LogP contribution in [0.25, 0.3) is 0 Å². The minimum atomic E-state index is -0.0787. The molecule has 0 saturated carbocycles. The van der Waals surface area contributed by atoms with Crippen LogP contribution in [0.3, 0.4) is 0 Å². The number of amides is 1. The highest BCUT2D eigenvalue weighted by atomic mass is 16.5. The van der Waals surface area contributed by atoms with E-state index in [-0.39, 0.29) is 23.0 Å². The van der Waals surface area contributed by atoms with Gasteiger partial charge >= 0.3 is 0 Å². The molecule has 0 spiro atoms. The number of pyridine rings is 1. The number of carbonyl (C=O) groups excluding carboxylic acids is 1. The van der Waals surface area contributed by atoms with Gasteiger partial charge in [-0.25, -0.2) is 0 Å². The van der Waals surface area contributed by atoms with Gasteiger partial charge in [0.05, 0.1) is 13.1 Å². The molecule has 1 saturated heterocycles. The second kappa shape index (κ2) is 5.54. The van der Waals surface area contributed by atoms with E-state index in [4.69, 9.17) is 4.74 Å². The third-order valence-electron chi connectivity index (χ3n) is 3.66. The topological polar surface area (TPSA) is 51.5 Å². The van der Waals surface area contributed by atoms with Crippen molar-refractivity contribution in [2.24, 2.45) is 12.5 Å². The quantitative estimate of drug-likeness (QED) is 0.852. The third kappa shape index (κ3) is 3.86. The van der Waals surface area contributed by atoms with Gasteiger partial charge in [0.25, 0.3) is 5.56 Å². The summed E-state index contributed by atoms with van der Waals surface area (Å²) in [7, 11) is 1.73. The van der Waals surface area contributed by atoms with E-state index in [0.717, 1.165) is 5.69 Å². The highest BCUT2D eigenvalue weighted by molar-refractivity contribution is 5.77. The van der Waals surface area contributed by atoms with E-state index in [1.54, 1.807) is 11.6 Å². The first-order valence-corrected chi connectivity index (χ1v) is 7.28. The van der Waals surface area contributed by atoms with Crippen LogP contribution >= 0.6 is 0 Å². The minimum absolute atomic E-state index is 0.00573. The number of likely N-dealkylation sites (tertiary alicyclic amines) is 1. The molecule has 1 amide bonds. The predicted molar refractivity (Wildman–Crippen MR) is 81.5 cm³/mol. The number of rotatable bonds is 3. The summed E-state index contributed by atoms with van der Waals surface area (Å²) in [6.07, 6.45) is 0.533. The summed E-state index contributed by atoms with van der Waals surface area (Å²) in [4.78, 5) is 25.5. The molecule has 1 aliphatic heterocycles. The van der Waals surface area contributed by atoms with Crippen LogP contribution in [-0.2, 0) is 11.8 Å². The summed E-state index contributed by atoms with van der Waals surface area (Å²) >= 11 is 0. The summed E-state index contributed by atoms with van der Waals surface area (Å²) in [6.45, 7) is 9.24. The molecule has 0 aromatic carbocycles. The maximum absolute atomic E-state index is 12.0. The molecular formula is C16H24N2O3. The second-order valence-corrected chi connectivity index (χ2v) is 7.01. The summed E-state index contributed by atoms with van der Waals surface area (Å²) in [6, 6.07) is 3.34. The van der Waals surface area contributed by atoms with Crippen LogP contribution in [0, 0.1) is 12.3 Å². The van der Waals surface area contributed by atoms with Gasteiger partial charge < -0.3 is 14.2 Å². The van der Waals surface area contributed by atoms with Crippen molar-refractivity contribution in [3.8, 4) is 5.75 Å². The zero-order chi connectivity index (χ0) is 15.8. The molecule has 2 rings (SSSR count). The molecule has 21 heavy (non-hydrogen) atoms. The van der Waals surface area contributed by atoms with E-state index in [2.05, 4.69) is 20.8 Å². The SMILES string of the molecule is Cc1cc(OC2CN(C(=O)CC(C)(C)C)C2)cc(=O)n1C. The van der Waals surface area contributed by atoms with Gasteiger partial charge in [0.1, 0.15) is 11.9 Å². The molecule has 0 atom stereocenters. The number of ether oxygens (including phenoxy) is 1. The lowest BCUT2D eigenvalue weighted by Crippen LogP contribution is -2.56. The molecule has 116 valence electrons. The average molecular weight is 292 g/mol. The molecule has 5 nitrogen and oxygen atoms in total. The number of carbonyl (C=O) groups is 1. The third-order valence-corrected chi connectivity index (χ3v) is 3.66. The fraction of sp³-hybridized carbons (Fsp3) is 0.625. The van der Waals surface area contributed by atoms with Gasteiger partial charge in [0.2, 0.25) is 5.91 Å². The second-order valence-electron chi connectivity index (χ2n) is 7.01. The standard InChI is InChI=1S/C16H24N2O3/c1-11-6-12(7-14(19)17(11)5)21-13-9-18(10-13)15(20)8-16(2,3)4/h6-7,13H,8-10H2,1-5H3. The fourth-order valence-corrected chi connectivity index (χ4v) is 2.28. The molecule has 0 N–H and O–H groups in total. The van der Waals surface area contributed by atoms with Gasteiger partial charge in [-0.1, -0.05) is 20.8 Å². The Hall–Kier alpha value is -1.78. The first-order valence-electron chi connectivity index (χ1n) is 7.28. The smallest absolute Gasteiger partial charge is 0.254 e. The summed E-state index contributed by atoms with van der Waals surface area (Å²) in [5, 5.41) is 0. The number of hydrogen-bond acceptors (Lipinski definition) is 3. The van der Waals surface area contributed by atoms with Gasteiger partial charge in [-0.3, -0.25) is 9.59 Å². The van der Waals surface area contributed by atoms with Crippen LogP contribution in [0.5, 0.6) is 5.75 Å². The van der Waals surface area contributed by atoms with Crippen LogP contribution in [0.4, 0.5) is 0 Å². The minimum Gasteiger partial charge on any atom is -0.486 e. The summed E-state index contributed by atoms with van der Waals surface area (Å²) in [5.41, 5.74) is 0.786. The van der Waals surface area contributed by atoms with Crippen LogP contribution < -0.4 is 10.3 Å². The number of nitrogens with zero attached hydrogens (tertiary/aromatic N) is 2. The highest BCUT2D eigenvalue weighted by Crippen LogP contribution is 2.23. The number of aryl methyl sites for hydroxylation is 1. The van der Waals surface area contributed by atoms with Gasteiger partial charge in [0, 0.05) is 25.2 Å². The largest absolute Gasteiger partial charge is 0.486 e. The molecule has 0 bridgehead atoms. The van der Waals surface area contributed by atoms with Crippen molar-refractivity contribution < 1.29 is 9.53 Å². The highest BCUT2D eigenvalue weighted by Gasteiger charge is 2.33. The Morgan fingerprint density at radius 3 is 2.48 bits per heavy atom. The normalized spacial score (nSPS) is 15.8. The molecule has 0 radical (unpaired) electrons. The number of aromatic nitrogens is 1. The van der Waals surface area contributed by atoms with Gasteiger partial charge in [-0.2, -0.15) is 0 Å². The molecule has 0 aliphatic carbocycles. The number of hydrogen-bond donors (Lipinski definition) is 0. The molecule has 2 heterocycles. The Morgan fingerprint density at radius 2 is 1.95 bits per heavy atom. The van der Waals surface area contributed by atoms with E-state index < -0.39 is 0 Å². The lowest BCUT2D eigenvalue weighted by atomic mass is 9.91. The van der Waals surface area contributed by atoms with Crippen LogP contribution in [0.2, 0.25) is 0 Å². The van der Waals surface area contributed by atoms with Gasteiger partial charge in [-0.15, -0.1) is 0 Å². The van der Waals surface area contributed by atoms with Crippen molar-refractivity contribution in [2.45, 2.75) is 40.2 Å². The zero-order valence-corrected chi connectivity index (χ0v) is 13.5.